The van der Waals surface area contributed by atoms with E-state index in [9.17, 15) is 0 Å². The third-order valence-electron chi connectivity index (χ3n) is 2.91. The van der Waals surface area contributed by atoms with Crippen LogP contribution in [0.5, 0.6) is 0 Å². The van der Waals surface area contributed by atoms with Gasteiger partial charge in [0, 0.05) is 19.8 Å². The summed E-state index contributed by atoms with van der Waals surface area (Å²) < 4.78 is 16.7. The lowest BCUT2D eigenvalue weighted by Crippen LogP contribution is -2.42. The molecule has 16 heavy (non-hydrogen) atoms. The molecular formula is C12H25NO3. The molecule has 0 amide bonds. The first-order valence-electron chi connectivity index (χ1n) is 6.33. The van der Waals surface area contributed by atoms with Gasteiger partial charge >= 0.3 is 0 Å². The SMILES string of the molecule is CCOC(COC1CNCCC1C)OCC. The lowest BCUT2D eigenvalue weighted by molar-refractivity contribution is -0.180. The highest BCUT2D eigenvalue weighted by atomic mass is 16.7. The second-order valence-electron chi connectivity index (χ2n) is 4.18. The van der Waals surface area contributed by atoms with Gasteiger partial charge < -0.3 is 19.5 Å². The highest BCUT2D eigenvalue weighted by Crippen LogP contribution is 2.15. The summed E-state index contributed by atoms with van der Waals surface area (Å²) in [6.07, 6.45) is 1.25. The molecule has 1 fully saturated rings. The van der Waals surface area contributed by atoms with Crippen molar-refractivity contribution >= 4 is 0 Å². The van der Waals surface area contributed by atoms with Gasteiger partial charge in [0.15, 0.2) is 6.29 Å². The molecular weight excluding hydrogens is 206 g/mol. The van der Waals surface area contributed by atoms with Crippen molar-refractivity contribution in [2.24, 2.45) is 5.92 Å². The summed E-state index contributed by atoms with van der Waals surface area (Å²) in [5.41, 5.74) is 0. The summed E-state index contributed by atoms with van der Waals surface area (Å²) in [5, 5.41) is 3.35. The van der Waals surface area contributed by atoms with Crippen LogP contribution < -0.4 is 5.32 Å². The third-order valence-corrected chi connectivity index (χ3v) is 2.91. The van der Waals surface area contributed by atoms with Crippen molar-refractivity contribution in [2.45, 2.75) is 39.6 Å². The predicted octanol–water partition coefficient (Wildman–Crippen LogP) is 1.40. The molecule has 1 heterocycles. The zero-order valence-electron chi connectivity index (χ0n) is 10.7. The fourth-order valence-electron chi connectivity index (χ4n) is 1.90. The van der Waals surface area contributed by atoms with Crippen molar-refractivity contribution in [1.82, 2.24) is 5.32 Å². The van der Waals surface area contributed by atoms with Crippen molar-refractivity contribution in [3.8, 4) is 0 Å². The Bertz CT molecular complexity index is 172. The van der Waals surface area contributed by atoms with E-state index in [0.717, 1.165) is 13.1 Å². The Labute approximate surface area is 98.6 Å². The van der Waals surface area contributed by atoms with Gasteiger partial charge in [0.2, 0.25) is 0 Å². The largest absolute Gasteiger partial charge is 0.371 e. The first kappa shape index (κ1) is 13.9. The molecule has 96 valence electrons. The average molecular weight is 231 g/mol. The first-order chi connectivity index (χ1) is 7.77. The Morgan fingerprint density at radius 3 is 2.50 bits per heavy atom. The van der Waals surface area contributed by atoms with Crippen LogP contribution in [0.15, 0.2) is 0 Å². The maximum absolute atomic E-state index is 5.85. The van der Waals surface area contributed by atoms with E-state index in [1.54, 1.807) is 0 Å². The van der Waals surface area contributed by atoms with E-state index in [1.807, 2.05) is 13.8 Å². The van der Waals surface area contributed by atoms with Gasteiger partial charge in [-0.25, -0.2) is 0 Å². The molecule has 2 atom stereocenters. The van der Waals surface area contributed by atoms with Gasteiger partial charge in [0.1, 0.15) is 0 Å². The molecule has 0 aliphatic carbocycles. The summed E-state index contributed by atoms with van der Waals surface area (Å²) in [6, 6.07) is 0. The van der Waals surface area contributed by atoms with Crippen LogP contribution >= 0.6 is 0 Å². The standard InChI is InChI=1S/C12H25NO3/c1-4-14-12(15-5-2)9-16-11-8-13-7-6-10(11)3/h10-13H,4-9H2,1-3H3. The first-order valence-corrected chi connectivity index (χ1v) is 6.33. The molecule has 4 heteroatoms. The minimum atomic E-state index is -0.218. The van der Waals surface area contributed by atoms with E-state index in [1.165, 1.54) is 6.42 Å². The van der Waals surface area contributed by atoms with Crippen LogP contribution in [-0.4, -0.2) is 45.3 Å². The van der Waals surface area contributed by atoms with Crippen molar-refractivity contribution in [1.29, 1.82) is 0 Å². The van der Waals surface area contributed by atoms with Gasteiger partial charge in [-0.2, -0.15) is 0 Å². The molecule has 0 aromatic heterocycles. The van der Waals surface area contributed by atoms with Crippen LogP contribution in [0, 0.1) is 5.92 Å². The van der Waals surface area contributed by atoms with E-state index < -0.39 is 0 Å². The molecule has 1 N–H and O–H groups in total. The molecule has 1 aliphatic rings. The molecule has 4 nitrogen and oxygen atoms in total. The number of hydrogen-bond donors (Lipinski definition) is 1. The number of piperidine rings is 1. The van der Waals surface area contributed by atoms with E-state index in [4.69, 9.17) is 14.2 Å². The fourth-order valence-corrected chi connectivity index (χ4v) is 1.90. The number of rotatable bonds is 7. The molecule has 0 spiro atoms. The van der Waals surface area contributed by atoms with Crippen LogP contribution in [0.1, 0.15) is 27.2 Å². The van der Waals surface area contributed by atoms with Crippen molar-refractivity contribution in [2.75, 3.05) is 32.9 Å². The molecule has 0 aromatic rings. The second-order valence-corrected chi connectivity index (χ2v) is 4.18. The van der Waals surface area contributed by atoms with Gasteiger partial charge in [-0.1, -0.05) is 6.92 Å². The van der Waals surface area contributed by atoms with Gasteiger partial charge in [-0.15, -0.1) is 0 Å². The van der Waals surface area contributed by atoms with E-state index in [-0.39, 0.29) is 12.4 Å². The fraction of sp³-hybridized carbons (Fsp3) is 1.00. The highest BCUT2D eigenvalue weighted by Gasteiger charge is 2.22. The van der Waals surface area contributed by atoms with E-state index in [2.05, 4.69) is 12.2 Å². The lowest BCUT2D eigenvalue weighted by atomic mass is 9.97. The molecule has 0 radical (unpaired) electrons. The summed E-state index contributed by atoms with van der Waals surface area (Å²) in [6.45, 7) is 10.1. The zero-order chi connectivity index (χ0) is 11.8. The quantitative estimate of drug-likeness (QED) is 0.672. The Hall–Kier alpha value is -0.160. The number of ether oxygens (including phenoxy) is 3. The zero-order valence-corrected chi connectivity index (χ0v) is 10.7. The van der Waals surface area contributed by atoms with Crippen LogP contribution in [-0.2, 0) is 14.2 Å². The van der Waals surface area contributed by atoms with Crippen molar-refractivity contribution in [3.05, 3.63) is 0 Å². The van der Waals surface area contributed by atoms with Crippen LogP contribution in [0.25, 0.3) is 0 Å². The maximum atomic E-state index is 5.85. The highest BCUT2D eigenvalue weighted by molar-refractivity contribution is 4.75. The van der Waals surface area contributed by atoms with Crippen LogP contribution in [0.3, 0.4) is 0 Å². The van der Waals surface area contributed by atoms with Crippen molar-refractivity contribution in [3.63, 3.8) is 0 Å². The predicted molar refractivity (Wildman–Crippen MR) is 63.4 cm³/mol. The van der Waals surface area contributed by atoms with Gasteiger partial charge in [0.05, 0.1) is 12.7 Å². The average Bonchev–Trinajstić information content (AvgIpc) is 2.28. The molecule has 0 saturated carbocycles. The molecule has 1 aliphatic heterocycles. The van der Waals surface area contributed by atoms with E-state index >= 15 is 0 Å². The molecule has 1 rings (SSSR count). The normalized spacial score (nSPS) is 26.2. The summed E-state index contributed by atoms with van der Waals surface area (Å²) in [7, 11) is 0. The Balaban J connectivity index is 2.23. The lowest BCUT2D eigenvalue weighted by Gasteiger charge is -2.30. The molecule has 2 unspecified atom stereocenters. The summed E-state index contributed by atoms with van der Waals surface area (Å²) in [4.78, 5) is 0. The Morgan fingerprint density at radius 1 is 1.25 bits per heavy atom. The number of hydrogen-bond acceptors (Lipinski definition) is 4. The van der Waals surface area contributed by atoms with Gasteiger partial charge in [-0.3, -0.25) is 0 Å². The minimum Gasteiger partial charge on any atom is -0.371 e. The van der Waals surface area contributed by atoms with Gasteiger partial charge in [-0.05, 0) is 32.7 Å². The molecule has 1 saturated heterocycles. The molecule has 0 aromatic carbocycles. The Kier molecular flexibility index (Phi) is 6.96. The topological polar surface area (TPSA) is 39.7 Å². The smallest absolute Gasteiger partial charge is 0.180 e. The van der Waals surface area contributed by atoms with E-state index in [0.29, 0.717) is 25.7 Å². The maximum Gasteiger partial charge on any atom is 0.180 e. The summed E-state index contributed by atoms with van der Waals surface area (Å²) >= 11 is 0. The van der Waals surface area contributed by atoms with Gasteiger partial charge in [0.25, 0.3) is 0 Å². The third kappa shape index (κ3) is 4.78. The van der Waals surface area contributed by atoms with Crippen LogP contribution in [0.2, 0.25) is 0 Å². The summed E-state index contributed by atoms with van der Waals surface area (Å²) in [5.74, 6) is 0.616. The second kappa shape index (κ2) is 8.01. The monoisotopic (exact) mass is 231 g/mol. The Morgan fingerprint density at radius 2 is 1.94 bits per heavy atom. The van der Waals surface area contributed by atoms with Crippen molar-refractivity contribution < 1.29 is 14.2 Å². The minimum absolute atomic E-state index is 0.218. The van der Waals surface area contributed by atoms with Crippen LogP contribution in [0.4, 0.5) is 0 Å². The number of nitrogens with one attached hydrogen (secondary N) is 1. The molecule has 0 bridgehead atoms.